The summed E-state index contributed by atoms with van der Waals surface area (Å²) in [6, 6.07) is 10.4. The summed E-state index contributed by atoms with van der Waals surface area (Å²) in [6.07, 6.45) is 1.29. The molecule has 0 aliphatic rings. The normalized spacial score (nSPS) is 11.1. The molecule has 0 saturated heterocycles. The van der Waals surface area contributed by atoms with Crippen molar-refractivity contribution in [2.45, 2.75) is 0 Å². The number of anilines is 1. The van der Waals surface area contributed by atoms with Crippen molar-refractivity contribution in [1.82, 2.24) is 30.7 Å². The number of amides is 1. The number of rotatable bonds is 6. The number of aromatic nitrogens is 5. The molecule has 0 aliphatic carbocycles. The molecule has 15 heteroatoms. The van der Waals surface area contributed by atoms with E-state index in [9.17, 15) is 14.9 Å². The first-order chi connectivity index (χ1) is 15.9. The third kappa shape index (κ3) is 4.35. The van der Waals surface area contributed by atoms with Crippen LogP contribution in [-0.2, 0) is 0 Å². The Labute approximate surface area is 193 Å². The molecule has 1 amide bonds. The highest BCUT2D eigenvalue weighted by molar-refractivity contribution is 6.43. The summed E-state index contributed by atoms with van der Waals surface area (Å²) in [4.78, 5) is 23.5. The van der Waals surface area contributed by atoms with E-state index in [1.54, 1.807) is 18.2 Å². The summed E-state index contributed by atoms with van der Waals surface area (Å²) in [5.74, 6) is -0.961. The Morgan fingerprint density at radius 3 is 2.76 bits per heavy atom. The van der Waals surface area contributed by atoms with Crippen molar-refractivity contribution >= 4 is 46.8 Å². The SMILES string of the molecule is Nc1nonc1-n1nnc(C(=O)N/N=C\c2cccc(Cl)c2Cl)c1-c1cccc([N+](=O)[O-])c1. The fourth-order valence-corrected chi connectivity index (χ4v) is 3.14. The number of nitro benzene ring substituents is 1. The van der Waals surface area contributed by atoms with Crippen molar-refractivity contribution < 1.29 is 14.3 Å². The molecule has 0 radical (unpaired) electrons. The molecular weight excluding hydrogens is 477 g/mol. The second-order valence-corrected chi connectivity index (χ2v) is 7.11. The topological polar surface area (TPSA) is 180 Å². The number of hydrogen-bond donors (Lipinski definition) is 2. The van der Waals surface area contributed by atoms with E-state index in [-0.39, 0.29) is 39.3 Å². The van der Waals surface area contributed by atoms with Gasteiger partial charge in [0, 0.05) is 23.3 Å². The Hall–Kier alpha value is -4.36. The van der Waals surface area contributed by atoms with Gasteiger partial charge in [0.05, 0.1) is 21.2 Å². The Morgan fingerprint density at radius 1 is 1.24 bits per heavy atom. The number of halogens is 2. The number of nitro groups is 1. The van der Waals surface area contributed by atoms with E-state index in [0.717, 1.165) is 4.68 Å². The van der Waals surface area contributed by atoms with E-state index in [1.165, 1.54) is 30.5 Å². The molecule has 3 N–H and O–H groups in total. The summed E-state index contributed by atoms with van der Waals surface area (Å²) in [5.41, 5.74) is 8.37. The largest absolute Gasteiger partial charge is 0.378 e. The van der Waals surface area contributed by atoms with Gasteiger partial charge in [0.25, 0.3) is 11.6 Å². The maximum Gasteiger partial charge on any atom is 0.294 e. The fraction of sp³-hybridized carbons (Fsp3) is 0. The van der Waals surface area contributed by atoms with Gasteiger partial charge in [-0.1, -0.05) is 52.7 Å². The average molecular weight is 488 g/mol. The molecule has 0 unspecified atom stereocenters. The summed E-state index contributed by atoms with van der Waals surface area (Å²) in [7, 11) is 0. The Morgan fingerprint density at radius 2 is 2.03 bits per heavy atom. The molecule has 0 aliphatic heterocycles. The van der Waals surface area contributed by atoms with Crippen LogP contribution in [0.4, 0.5) is 11.5 Å². The van der Waals surface area contributed by atoms with E-state index in [2.05, 4.69) is 35.8 Å². The summed E-state index contributed by atoms with van der Waals surface area (Å²) >= 11 is 12.1. The monoisotopic (exact) mass is 487 g/mol. The van der Waals surface area contributed by atoms with E-state index in [0.29, 0.717) is 10.6 Å². The van der Waals surface area contributed by atoms with Gasteiger partial charge in [-0.2, -0.15) is 9.78 Å². The van der Waals surface area contributed by atoms with E-state index >= 15 is 0 Å². The van der Waals surface area contributed by atoms with Gasteiger partial charge in [-0.15, -0.1) is 5.10 Å². The maximum atomic E-state index is 12.8. The van der Waals surface area contributed by atoms with Gasteiger partial charge in [0.15, 0.2) is 5.69 Å². The van der Waals surface area contributed by atoms with Gasteiger partial charge in [-0.05, 0) is 16.4 Å². The number of nitrogens with two attached hydrogens (primary N) is 1. The molecular formula is C18H11Cl2N9O4. The van der Waals surface area contributed by atoms with Gasteiger partial charge < -0.3 is 5.73 Å². The molecule has 0 atom stereocenters. The Kier molecular flexibility index (Phi) is 5.97. The lowest BCUT2D eigenvalue weighted by atomic mass is 10.1. The zero-order chi connectivity index (χ0) is 23.5. The van der Waals surface area contributed by atoms with Gasteiger partial charge in [-0.3, -0.25) is 14.9 Å². The van der Waals surface area contributed by atoms with Crippen LogP contribution in [0.5, 0.6) is 0 Å². The first-order valence-corrected chi connectivity index (χ1v) is 9.68. The van der Waals surface area contributed by atoms with E-state index in [1.807, 2.05) is 0 Å². The molecule has 2 aromatic heterocycles. The smallest absolute Gasteiger partial charge is 0.294 e. The van der Waals surface area contributed by atoms with E-state index < -0.39 is 10.8 Å². The zero-order valence-electron chi connectivity index (χ0n) is 16.2. The molecule has 0 saturated carbocycles. The van der Waals surface area contributed by atoms with Gasteiger partial charge in [-0.25, -0.2) is 10.1 Å². The molecule has 33 heavy (non-hydrogen) atoms. The van der Waals surface area contributed by atoms with Crippen LogP contribution in [0.2, 0.25) is 10.0 Å². The highest BCUT2D eigenvalue weighted by atomic mass is 35.5. The minimum absolute atomic E-state index is 0.0505. The molecule has 2 heterocycles. The first kappa shape index (κ1) is 21.9. The summed E-state index contributed by atoms with van der Waals surface area (Å²) in [5, 5.41) is 30.5. The molecule has 4 aromatic rings. The van der Waals surface area contributed by atoms with Crippen LogP contribution in [0.25, 0.3) is 17.1 Å². The van der Waals surface area contributed by atoms with Crippen LogP contribution < -0.4 is 11.2 Å². The van der Waals surface area contributed by atoms with E-state index in [4.69, 9.17) is 28.9 Å². The first-order valence-electron chi connectivity index (χ1n) is 8.93. The molecule has 166 valence electrons. The number of hydrazone groups is 1. The van der Waals surface area contributed by atoms with Crippen molar-refractivity contribution in [2.24, 2.45) is 5.10 Å². The minimum atomic E-state index is -0.771. The number of nitrogens with zero attached hydrogens (tertiary/aromatic N) is 7. The van der Waals surface area contributed by atoms with Crippen LogP contribution >= 0.6 is 23.2 Å². The van der Waals surface area contributed by atoms with Crippen LogP contribution in [0.3, 0.4) is 0 Å². The predicted octanol–water partition coefficient (Wildman–Crippen LogP) is 2.88. The maximum absolute atomic E-state index is 12.8. The van der Waals surface area contributed by atoms with Gasteiger partial charge in [0.2, 0.25) is 11.6 Å². The number of carbonyl (C=O) groups excluding carboxylic acids is 1. The highest BCUT2D eigenvalue weighted by Gasteiger charge is 2.26. The molecule has 0 bridgehead atoms. The van der Waals surface area contributed by atoms with Gasteiger partial charge in [0.1, 0.15) is 5.69 Å². The summed E-state index contributed by atoms with van der Waals surface area (Å²) < 4.78 is 5.67. The van der Waals surface area contributed by atoms with Crippen molar-refractivity contribution in [3.05, 3.63) is 73.9 Å². The lowest BCUT2D eigenvalue weighted by Gasteiger charge is -2.06. The number of hydrogen-bond acceptors (Lipinski definition) is 10. The number of nitrogen functional groups attached to an aromatic ring is 1. The number of non-ortho nitro benzene ring substituents is 1. The molecule has 4 rings (SSSR count). The van der Waals surface area contributed by atoms with Crippen molar-refractivity contribution in [3.63, 3.8) is 0 Å². The Balaban J connectivity index is 1.73. The van der Waals surface area contributed by atoms with Crippen molar-refractivity contribution in [2.75, 3.05) is 5.73 Å². The standard InChI is InChI=1S/C18H11Cl2N9O4/c19-12-6-2-4-10(13(12)20)8-22-24-18(30)14-15(9-3-1-5-11(7-9)29(31)32)28(27-23-14)17-16(21)25-33-26-17/h1-8H,(H2,21,25)(H,24,30)/b22-8-. The summed E-state index contributed by atoms with van der Waals surface area (Å²) in [6.45, 7) is 0. The highest BCUT2D eigenvalue weighted by Crippen LogP contribution is 2.29. The minimum Gasteiger partial charge on any atom is -0.378 e. The average Bonchev–Trinajstić information content (AvgIpc) is 3.42. The number of benzene rings is 2. The molecule has 0 fully saturated rings. The molecule has 2 aromatic carbocycles. The second kappa shape index (κ2) is 9.02. The third-order valence-corrected chi connectivity index (χ3v) is 5.10. The lowest BCUT2D eigenvalue weighted by Crippen LogP contribution is -2.19. The van der Waals surface area contributed by atoms with Crippen LogP contribution in [0.15, 0.2) is 52.2 Å². The number of nitrogens with one attached hydrogen (secondary N) is 1. The Bertz CT molecular complexity index is 1400. The quantitative estimate of drug-likeness (QED) is 0.234. The van der Waals surface area contributed by atoms with Gasteiger partial charge >= 0.3 is 0 Å². The second-order valence-electron chi connectivity index (χ2n) is 6.32. The fourth-order valence-electron chi connectivity index (χ4n) is 2.78. The molecule has 0 spiro atoms. The molecule has 13 nitrogen and oxygen atoms in total. The zero-order valence-corrected chi connectivity index (χ0v) is 17.7. The predicted molar refractivity (Wildman–Crippen MR) is 117 cm³/mol. The number of carbonyl (C=O) groups is 1. The van der Waals surface area contributed by atoms with Crippen LogP contribution in [0.1, 0.15) is 16.1 Å². The lowest BCUT2D eigenvalue weighted by molar-refractivity contribution is -0.384. The van der Waals surface area contributed by atoms with Crippen molar-refractivity contribution in [1.29, 1.82) is 0 Å². The third-order valence-electron chi connectivity index (χ3n) is 4.26. The van der Waals surface area contributed by atoms with Crippen molar-refractivity contribution in [3.8, 4) is 17.1 Å². The van der Waals surface area contributed by atoms with Crippen LogP contribution in [0, 0.1) is 10.1 Å². The van der Waals surface area contributed by atoms with Crippen LogP contribution in [-0.4, -0.2) is 42.4 Å².